The molecule has 1 aliphatic heterocycles. The van der Waals surface area contributed by atoms with E-state index in [0.717, 1.165) is 43.2 Å². The molecule has 4 bridgehead atoms. The molecule has 1 saturated heterocycles. The third kappa shape index (κ3) is 3.93. The number of hydrogen-bond donors (Lipinski definition) is 1. The van der Waals surface area contributed by atoms with Crippen LogP contribution in [0.1, 0.15) is 56.9 Å². The zero-order valence-corrected chi connectivity index (χ0v) is 17.7. The van der Waals surface area contributed by atoms with Gasteiger partial charge in [-0.3, -0.25) is 9.59 Å². The van der Waals surface area contributed by atoms with Crippen LogP contribution in [-0.4, -0.2) is 29.3 Å². The average Bonchev–Trinajstić information content (AvgIpc) is 2.85. The van der Waals surface area contributed by atoms with Gasteiger partial charge >= 0.3 is 0 Å². The molecule has 5 heteroatoms. The molecular formula is C24H31ClN2O2. The van der Waals surface area contributed by atoms with Crippen LogP contribution in [-0.2, 0) is 16.1 Å². The molecule has 2 amide bonds. The number of carbonyl (C=O) groups is 2. The van der Waals surface area contributed by atoms with Gasteiger partial charge in [-0.15, -0.1) is 0 Å². The second kappa shape index (κ2) is 7.94. The number of rotatable bonds is 4. The molecule has 29 heavy (non-hydrogen) atoms. The van der Waals surface area contributed by atoms with Crippen LogP contribution >= 0.6 is 11.6 Å². The highest BCUT2D eigenvalue weighted by Crippen LogP contribution is 2.56. The lowest BCUT2D eigenvalue weighted by molar-refractivity contribution is -0.143. The summed E-state index contributed by atoms with van der Waals surface area (Å²) >= 11 is 5.99. The Hall–Kier alpha value is -1.55. The standard InChI is InChI=1S/C24H31ClN2O2/c25-20-6-4-15(5-7-20)14-27-8-2-1-3-21(24(27)29)26-23(28)22-18-10-16-9-17(12-18)13-19(22)11-16/h4-7,16-19,21-22H,1-3,8-14H2,(H,26,28). The van der Waals surface area contributed by atoms with Crippen molar-refractivity contribution in [1.82, 2.24) is 10.2 Å². The minimum atomic E-state index is -0.366. The van der Waals surface area contributed by atoms with Gasteiger partial charge in [-0.05, 0) is 92.7 Å². The SMILES string of the molecule is O=C(NC1CCCCN(Cc2ccc(Cl)cc2)C1=O)C1C2CC3CC(C2)CC1C3. The topological polar surface area (TPSA) is 49.4 Å². The fraction of sp³-hybridized carbons (Fsp3) is 0.667. The number of likely N-dealkylation sites (tertiary alicyclic amines) is 1. The van der Waals surface area contributed by atoms with Gasteiger partial charge in [-0.25, -0.2) is 0 Å². The Labute approximate surface area is 178 Å². The van der Waals surface area contributed by atoms with Gasteiger partial charge in [0.25, 0.3) is 0 Å². The number of benzene rings is 1. The van der Waals surface area contributed by atoms with E-state index in [4.69, 9.17) is 11.6 Å². The molecule has 1 N–H and O–H groups in total. The minimum absolute atomic E-state index is 0.0783. The Balaban J connectivity index is 1.25. The van der Waals surface area contributed by atoms with Crippen molar-refractivity contribution in [2.75, 3.05) is 6.54 Å². The largest absolute Gasteiger partial charge is 0.344 e. The Morgan fingerprint density at radius 1 is 1.00 bits per heavy atom. The van der Waals surface area contributed by atoms with E-state index in [1.54, 1.807) is 0 Å². The van der Waals surface area contributed by atoms with Crippen molar-refractivity contribution in [2.45, 2.75) is 64.0 Å². The van der Waals surface area contributed by atoms with Crippen LogP contribution in [0, 0.1) is 29.6 Å². The molecule has 5 fully saturated rings. The maximum atomic E-state index is 13.3. The second-order valence-corrected chi connectivity index (χ2v) is 10.3. The van der Waals surface area contributed by atoms with Crippen molar-refractivity contribution in [2.24, 2.45) is 29.6 Å². The predicted molar refractivity (Wildman–Crippen MR) is 113 cm³/mol. The van der Waals surface area contributed by atoms with Crippen molar-refractivity contribution in [3.05, 3.63) is 34.9 Å². The van der Waals surface area contributed by atoms with E-state index in [-0.39, 0.29) is 23.8 Å². The molecule has 1 aromatic rings. The minimum Gasteiger partial charge on any atom is -0.344 e. The quantitative estimate of drug-likeness (QED) is 0.793. The van der Waals surface area contributed by atoms with Gasteiger partial charge in [0.05, 0.1) is 0 Å². The number of amides is 2. The summed E-state index contributed by atoms with van der Waals surface area (Å²) in [6.07, 6.45) is 9.04. The van der Waals surface area contributed by atoms with Crippen LogP contribution in [0.15, 0.2) is 24.3 Å². The maximum Gasteiger partial charge on any atom is 0.245 e. The van der Waals surface area contributed by atoms with Crippen molar-refractivity contribution in [3.8, 4) is 0 Å². The molecule has 156 valence electrons. The Morgan fingerprint density at radius 2 is 1.66 bits per heavy atom. The van der Waals surface area contributed by atoms with Crippen LogP contribution in [0.25, 0.3) is 0 Å². The van der Waals surface area contributed by atoms with Crippen LogP contribution < -0.4 is 5.32 Å². The van der Waals surface area contributed by atoms with Crippen molar-refractivity contribution < 1.29 is 9.59 Å². The Bertz CT molecular complexity index is 750. The molecule has 0 aromatic heterocycles. The number of nitrogens with one attached hydrogen (secondary N) is 1. The van der Waals surface area contributed by atoms with Crippen LogP contribution in [0.4, 0.5) is 0 Å². The third-order valence-corrected chi connectivity index (χ3v) is 8.17. The second-order valence-electron chi connectivity index (χ2n) is 9.90. The molecule has 1 unspecified atom stereocenters. The molecule has 1 aromatic carbocycles. The summed E-state index contributed by atoms with van der Waals surface area (Å²) in [5.74, 6) is 3.20. The van der Waals surface area contributed by atoms with Crippen LogP contribution in [0.5, 0.6) is 0 Å². The summed E-state index contributed by atoms with van der Waals surface area (Å²) in [4.78, 5) is 28.4. The third-order valence-electron chi connectivity index (χ3n) is 7.91. The zero-order valence-electron chi connectivity index (χ0n) is 17.0. The number of nitrogens with zero attached hydrogens (tertiary/aromatic N) is 1. The molecule has 0 spiro atoms. The van der Waals surface area contributed by atoms with E-state index in [9.17, 15) is 9.59 Å². The lowest BCUT2D eigenvalue weighted by atomic mass is 9.51. The number of halogens is 1. The van der Waals surface area contributed by atoms with E-state index in [1.165, 1.54) is 32.1 Å². The molecule has 4 aliphatic carbocycles. The van der Waals surface area contributed by atoms with E-state index in [1.807, 2.05) is 29.2 Å². The Morgan fingerprint density at radius 3 is 2.31 bits per heavy atom. The molecule has 4 saturated carbocycles. The summed E-state index contributed by atoms with van der Waals surface area (Å²) in [5, 5.41) is 3.92. The van der Waals surface area contributed by atoms with Gasteiger partial charge in [-0.1, -0.05) is 23.7 Å². The normalized spacial score (nSPS) is 36.2. The summed E-state index contributed by atoms with van der Waals surface area (Å²) in [5.41, 5.74) is 1.08. The highest BCUT2D eigenvalue weighted by molar-refractivity contribution is 6.30. The smallest absolute Gasteiger partial charge is 0.245 e. The molecule has 1 heterocycles. The number of hydrogen-bond acceptors (Lipinski definition) is 2. The molecular weight excluding hydrogens is 384 g/mol. The zero-order chi connectivity index (χ0) is 20.0. The van der Waals surface area contributed by atoms with Gasteiger partial charge in [-0.2, -0.15) is 0 Å². The van der Waals surface area contributed by atoms with Crippen molar-refractivity contribution in [3.63, 3.8) is 0 Å². The summed E-state index contributed by atoms with van der Waals surface area (Å²) in [7, 11) is 0. The number of carbonyl (C=O) groups excluding carboxylic acids is 2. The first-order valence-corrected chi connectivity index (χ1v) is 11.8. The van der Waals surface area contributed by atoms with Crippen molar-refractivity contribution >= 4 is 23.4 Å². The van der Waals surface area contributed by atoms with E-state index in [0.29, 0.717) is 23.4 Å². The lowest BCUT2D eigenvalue weighted by Gasteiger charge is -2.53. The van der Waals surface area contributed by atoms with E-state index in [2.05, 4.69) is 5.32 Å². The highest BCUT2D eigenvalue weighted by Gasteiger charge is 2.51. The first-order chi connectivity index (χ1) is 14.1. The molecule has 0 radical (unpaired) electrons. The maximum absolute atomic E-state index is 13.3. The van der Waals surface area contributed by atoms with Gasteiger partial charge in [0.1, 0.15) is 6.04 Å². The summed E-state index contributed by atoms with van der Waals surface area (Å²) in [6.45, 7) is 1.34. The fourth-order valence-corrected chi connectivity index (χ4v) is 6.95. The van der Waals surface area contributed by atoms with Crippen molar-refractivity contribution in [1.29, 1.82) is 0 Å². The summed E-state index contributed by atoms with van der Waals surface area (Å²) in [6, 6.07) is 7.32. The van der Waals surface area contributed by atoms with Gasteiger partial charge in [0, 0.05) is 24.0 Å². The fourth-order valence-electron chi connectivity index (χ4n) is 6.83. The summed E-state index contributed by atoms with van der Waals surface area (Å²) < 4.78 is 0. The first kappa shape index (κ1) is 19.4. The molecule has 6 rings (SSSR count). The lowest BCUT2D eigenvalue weighted by Crippen LogP contribution is -2.55. The first-order valence-electron chi connectivity index (χ1n) is 11.4. The van der Waals surface area contributed by atoms with Crippen LogP contribution in [0.2, 0.25) is 5.02 Å². The monoisotopic (exact) mass is 414 g/mol. The molecule has 4 nitrogen and oxygen atoms in total. The van der Waals surface area contributed by atoms with Crippen LogP contribution in [0.3, 0.4) is 0 Å². The van der Waals surface area contributed by atoms with E-state index >= 15 is 0 Å². The van der Waals surface area contributed by atoms with E-state index < -0.39 is 0 Å². The highest BCUT2D eigenvalue weighted by atomic mass is 35.5. The van der Waals surface area contributed by atoms with Gasteiger partial charge in [0.15, 0.2) is 0 Å². The Kier molecular flexibility index (Phi) is 5.32. The predicted octanol–water partition coefficient (Wildman–Crippen LogP) is 4.41. The average molecular weight is 415 g/mol. The molecule has 5 aliphatic rings. The van der Waals surface area contributed by atoms with Gasteiger partial charge in [0.2, 0.25) is 11.8 Å². The van der Waals surface area contributed by atoms with Gasteiger partial charge < -0.3 is 10.2 Å². The molecule has 1 atom stereocenters.